The second kappa shape index (κ2) is 5.85. The molecule has 1 aromatic rings. The van der Waals surface area contributed by atoms with Gasteiger partial charge in [0.15, 0.2) is 5.17 Å². The number of aliphatic imine (C=N–C) groups is 1. The number of amidine groups is 1. The molecule has 1 aliphatic heterocycles. The number of hydrogen-bond donors (Lipinski definition) is 1. The highest BCUT2D eigenvalue weighted by Gasteiger charge is 2.26. The van der Waals surface area contributed by atoms with Crippen molar-refractivity contribution in [1.82, 2.24) is 0 Å². The van der Waals surface area contributed by atoms with Crippen LogP contribution in [-0.2, 0) is 18.7 Å². The van der Waals surface area contributed by atoms with Crippen LogP contribution in [0.15, 0.2) is 39.3 Å². The Hall–Kier alpha value is -1.52. The van der Waals surface area contributed by atoms with Gasteiger partial charge < -0.3 is 5.11 Å². The van der Waals surface area contributed by atoms with Crippen LogP contribution in [0, 0.1) is 5.82 Å². The number of hydrogen-bond acceptors (Lipinski definition) is 4. The fraction of sp³-hybridized carbons (Fsp3) is 0. The van der Waals surface area contributed by atoms with Gasteiger partial charge in [0.25, 0.3) is 9.26 Å². The maximum Gasteiger partial charge on any atom is 0.418 e. The van der Waals surface area contributed by atoms with E-state index in [4.69, 9.17) is 0 Å². The molecule has 1 atom stereocenters. The minimum absolute atomic E-state index is 0.0244. The molecular formula is C10H6BrFN2O4S2. The van der Waals surface area contributed by atoms with Crippen LogP contribution >= 0.6 is 15.9 Å². The van der Waals surface area contributed by atoms with Crippen LogP contribution in [0.1, 0.15) is 0 Å². The first kappa shape index (κ1) is 14.9. The Morgan fingerprint density at radius 2 is 2.15 bits per heavy atom. The van der Waals surface area contributed by atoms with Crippen molar-refractivity contribution in [2.24, 2.45) is 4.99 Å². The summed E-state index contributed by atoms with van der Waals surface area (Å²) < 4.78 is 35.8. The number of amides is 1. The van der Waals surface area contributed by atoms with Gasteiger partial charge in [-0.15, -0.1) is 0 Å². The van der Waals surface area contributed by atoms with Crippen LogP contribution in [0.3, 0.4) is 0 Å². The Labute approximate surface area is 124 Å². The van der Waals surface area contributed by atoms with Gasteiger partial charge in [-0.05, 0) is 34.1 Å². The van der Waals surface area contributed by atoms with E-state index in [9.17, 15) is 22.7 Å². The molecule has 6 nitrogen and oxygen atoms in total. The Bertz CT molecular complexity index is 780. The predicted octanol–water partition coefficient (Wildman–Crippen LogP) is 2.33. The van der Waals surface area contributed by atoms with E-state index in [0.717, 1.165) is 6.07 Å². The van der Waals surface area contributed by atoms with E-state index in [1.54, 1.807) is 0 Å². The third-order valence-electron chi connectivity index (χ3n) is 2.24. The number of carboxylic acid groups (broad SMARTS) is 1. The normalized spacial score (nSPS) is 16.9. The lowest BCUT2D eigenvalue weighted by atomic mass is 10.3. The number of halogens is 2. The molecule has 0 fully saturated rings. The van der Waals surface area contributed by atoms with Crippen molar-refractivity contribution < 1.29 is 22.7 Å². The Morgan fingerprint density at radius 1 is 1.45 bits per heavy atom. The van der Waals surface area contributed by atoms with Crippen LogP contribution in [-0.4, -0.2) is 24.8 Å². The molecule has 106 valence electrons. The van der Waals surface area contributed by atoms with Crippen molar-refractivity contribution >= 4 is 51.6 Å². The molecule has 1 aromatic carbocycles. The summed E-state index contributed by atoms with van der Waals surface area (Å²) in [4.78, 5) is 15.7. The van der Waals surface area contributed by atoms with Crippen LogP contribution in [0.25, 0.3) is 0 Å². The SMILES string of the molecule is O=C(O)N(C1=NC=CS1=S(=O)=O)c1ccc(Br)c(F)c1. The van der Waals surface area contributed by atoms with E-state index in [1.807, 2.05) is 0 Å². The second-order valence-corrected chi connectivity index (χ2v) is 7.80. The molecule has 1 heterocycles. The number of benzene rings is 1. The molecule has 0 saturated heterocycles. The number of carbonyl (C=O) groups is 1. The summed E-state index contributed by atoms with van der Waals surface area (Å²) in [6, 6.07) is 3.65. The fourth-order valence-corrected chi connectivity index (χ4v) is 3.86. The van der Waals surface area contributed by atoms with Gasteiger partial charge in [0.05, 0.1) is 10.2 Å². The van der Waals surface area contributed by atoms with Gasteiger partial charge in [0.2, 0.25) is 0 Å². The smallest absolute Gasteiger partial charge is 0.418 e. The largest absolute Gasteiger partial charge is 0.464 e. The molecular weight excluding hydrogens is 375 g/mol. The Balaban J connectivity index is 2.57. The van der Waals surface area contributed by atoms with E-state index in [0.29, 0.717) is 4.90 Å². The standard InChI is InChI=1S/C10H6BrFN2O4S2/c11-7-2-1-6(5-8(7)12)14(10(15)16)9-13-3-4-19(9)20(17)18/h1-5H,(H,15,16). The number of nitrogens with zero attached hydrogens (tertiary/aromatic N) is 2. The summed E-state index contributed by atoms with van der Waals surface area (Å²) in [7, 11) is -4.02. The first-order valence-corrected chi connectivity index (χ1v) is 8.64. The van der Waals surface area contributed by atoms with Crippen molar-refractivity contribution in [3.8, 4) is 0 Å². The molecule has 10 heteroatoms. The maximum absolute atomic E-state index is 13.5. The molecule has 0 bridgehead atoms. The number of anilines is 1. The molecule has 0 aromatic heterocycles. The quantitative estimate of drug-likeness (QED) is 0.809. The Morgan fingerprint density at radius 3 is 2.70 bits per heavy atom. The van der Waals surface area contributed by atoms with Crippen LogP contribution in [0.2, 0.25) is 0 Å². The zero-order valence-corrected chi connectivity index (χ0v) is 12.7. The number of rotatable bonds is 1. The van der Waals surface area contributed by atoms with Gasteiger partial charge >= 0.3 is 6.09 Å². The summed E-state index contributed by atoms with van der Waals surface area (Å²) in [6.07, 6.45) is -0.239. The molecule has 0 aliphatic carbocycles. The average molecular weight is 381 g/mol. The lowest BCUT2D eigenvalue weighted by Gasteiger charge is -2.19. The summed E-state index contributed by atoms with van der Waals surface area (Å²) in [5, 5.41) is 10.3. The van der Waals surface area contributed by atoms with E-state index >= 15 is 0 Å². The van der Waals surface area contributed by atoms with Gasteiger partial charge in [-0.2, -0.15) is 8.42 Å². The predicted molar refractivity (Wildman–Crippen MR) is 77.5 cm³/mol. The molecule has 1 amide bonds. The van der Waals surface area contributed by atoms with Crippen molar-refractivity contribution in [3.63, 3.8) is 0 Å². The highest BCUT2D eigenvalue weighted by atomic mass is 79.9. The van der Waals surface area contributed by atoms with Gasteiger partial charge in [0.1, 0.15) is 5.82 Å². The van der Waals surface area contributed by atoms with Crippen molar-refractivity contribution in [3.05, 3.63) is 40.1 Å². The van der Waals surface area contributed by atoms with Gasteiger partial charge in [-0.1, -0.05) is 0 Å². The lowest BCUT2D eigenvalue weighted by molar-refractivity contribution is 0.205. The highest BCUT2D eigenvalue weighted by molar-refractivity contribution is 9.10. The Kier molecular flexibility index (Phi) is 4.35. The summed E-state index contributed by atoms with van der Waals surface area (Å²) in [5.41, 5.74) is -0.0244. The minimum Gasteiger partial charge on any atom is -0.464 e. The third kappa shape index (κ3) is 2.81. The van der Waals surface area contributed by atoms with Crippen molar-refractivity contribution in [2.45, 2.75) is 0 Å². The van der Waals surface area contributed by atoms with E-state index in [-0.39, 0.29) is 15.3 Å². The second-order valence-electron chi connectivity index (χ2n) is 3.41. The molecule has 0 saturated carbocycles. The molecule has 0 spiro atoms. The van der Waals surface area contributed by atoms with Crippen molar-refractivity contribution in [2.75, 3.05) is 4.90 Å². The van der Waals surface area contributed by atoms with Crippen LogP contribution in [0.5, 0.6) is 0 Å². The summed E-state index contributed by atoms with van der Waals surface area (Å²) in [5.74, 6) is -0.663. The first-order chi connectivity index (χ1) is 9.41. The molecule has 2 rings (SSSR count). The molecule has 1 N–H and O–H groups in total. The maximum atomic E-state index is 13.5. The fourth-order valence-electron chi connectivity index (χ4n) is 1.44. The molecule has 0 radical (unpaired) electrons. The first-order valence-electron chi connectivity index (χ1n) is 4.97. The summed E-state index contributed by atoms with van der Waals surface area (Å²) >= 11 is 2.95. The average Bonchev–Trinajstić information content (AvgIpc) is 2.82. The van der Waals surface area contributed by atoms with Crippen molar-refractivity contribution in [1.29, 1.82) is 0 Å². The topological polar surface area (TPSA) is 87.0 Å². The molecule has 1 aliphatic rings. The van der Waals surface area contributed by atoms with Crippen LogP contribution < -0.4 is 4.90 Å². The van der Waals surface area contributed by atoms with E-state index in [2.05, 4.69) is 20.9 Å². The van der Waals surface area contributed by atoms with E-state index in [1.165, 1.54) is 23.7 Å². The minimum atomic E-state index is -2.54. The van der Waals surface area contributed by atoms with Crippen LogP contribution in [0.4, 0.5) is 14.9 Å². The van der Waals surface area contributed by atoms with E-state index < -0.39 is 30.6 Å². The monoisotopic (exact) mass is 380 g/mol. The third-order valence-corrected chi connectivity index (χ3v) is 5.85. The molecule has 1 unspecified atom stereocenters. The lowest BCUT2D eigenvalue weighted by Crippen LogP contribution is -2.37. The zero-order valence-electron chi connectivity index (χ0n) is 9.53. The summed E-state index contributed by atoms with van der Waals surface area (Å²) in [6.45, 7) is 0. The highest BCUT2D eigenvalue weighted by Crippen LogP contribution is 2.24. The zero-order chi connectivity index (χ0) is 14.9. The molecule has 20 heavy (non-hydrogen) atoms. The van der Waals surface area contributed by atoms with Gasteiger partial charge in [0, 0.05) is 21.1 Å². The van der Waals surface area contributed by atoms with Gasteiger partial charge in [-0.3, -0.25) is 0 Å². The van der Waals surface area contributed by atoms with Gasteiger partial charge in [-0.25, -0.2) is 19.1 Å².